The van der Waals surface area contributed by atoms with Crippen LogP contribution in [0.15, 0.2) is 42.5 Å². The Bertz CT molecular complexity index is 577. The molecule has 0 fully saturated rings. The van der Waals surface area contributed by atoms with Gasteiger partial charge < -0.3 is 10.1 Å². The van der Waals surface area contributed by atoms with E-state index in [1.165, 1.54) is 24.8 Å². The van der Waals surface area contributed by atoms with Gasteiger partial charge in [-0.05, 0) is 36.6 Å². The minimum absolute atomic E-state index is 0.903. The van der Waals surface area contributed by atoms with Crippen molar-refractivity contribution >= 4 is 11.4 Å². The first-order chi connectivity index (χ1) is 9.38. The van der Waals surface area contributed by atoms with Gasteiger partial charge in [-0.25, -0.2) is 0 Å². The first-order valence-electron chi connectivity index (χ1n) is 7.04. The Hall–Kier alpha value is -1.96. The van der Waals surface area contributed by atoms with E-state index in [-0.39, 0.29) is 0 Å². The second-order valence-corrected chi connectivity index (χ2v) is 4.97. The van der Waals surface area contributed by atoms with Crippen molar-refractivity contribution in [1.29, 1.82) is 0 Å². The molecule has 0 saturated heterocycles. The zero-order chi connectivity index (χ0) is 13.1. The van der Waals surface area contributed by atoms with Crippen molar-refractivity contribution in [3.05, 3.63) is 48.0 Å². The van der Waals surface area contributed by atoms with Gasteiger partial charge in [0.1, 0.15) is 0 Å². The van der Waals surface area contributed by atoms with Gasteiger partial charge in [-0.15, -0.1) is 0 Å². The molecular weight excluding hydrogens is 234 g/mol. The summed E-state index contributed by atoms with van der Waals surface area (Å²) in [5, 5.41) is 3.51. The van der Waals surface area contributed by atoms with Crippen LogP contribution in [0.5, 0.6) is 11.5 Å². The highest BCUT2D eigenvalue weighted by molar-refractivity contribution is 5.77. The maximum Gasteiger partial charge on any atom is 0.151 e. The molecule has 0 bridgehead atoms. The Labute approximate surface area is 114 Å². The highest BCUT2D eigenvalue weighted by atomic mass is 16.5. The fourth-order valence-corrected chi connectivity index (χ4v) is 2.49. The Balaban J connectivity index is 1.88. The number of ether oxygens (including phenoxy) is 1. The molecule has 1 N–H and O–H groups in total. The van der Waals surface area contributed by atoms with Crippen LogP contribution in [0, 0.1) is 0 Å². The van der Waals surface area contributed by atoms with Gasteiger partial charge in [-0.3, -0.25) is 0 Å². The lowest BCUT2D eigenvalue weighted by Crippen LogP contribution is -2.05. The Kier molecular flexibility index (Phi) is 3.41. The van der Waals surface area contributed by atoms with E-state index in [0.29, 0.717) is 0 Å². The maximum absolute atomic E-state index is 5.96. The topological polar surface area (TPSA) is 21.3 Å². The lowest BCUT2D eigenvalue weighted by atomic mass is 10.0. The molecule has 0 radical (unpaired) electrons. The molecule has 2 heteroatoms. The van der Waals surface area contributed by atoms with Gasteiger partial charge in [0, 0.05) is 0 Å². The van der Waals surface area contributed by atoms with E-state index in [2.05, 4.69) is 30.4 Å². The lowest BCUT2D eigenvalue weighted by molar-refractivity contribution is 0.480. The number of benzene rings is 2. The average molecular weight is 253 g/mol. The normalized spacial score (nSPS) is 12.1. The SMILES string of the molecule is CCCCCc1cccc2c1Nc1ccccc1O2. The van der Waals surface area contributed by atoms with Crippen LogP contribution in [0.3, 0.4) is 0 Å². The molecule has 1 aliphatic rings. The molecule has 3 rings (SSSR count). The fraction of sp³-hybridized carbons (Fsp3) is 0.294. The van der Waals surface area contributed by atoms with E-state index >= 15 is 0 Å². The van der Waals surface area contributed by atoms with E-state index in [1.807, 2.05) is 24.3 Å². The minimum atomic E-state index is 0.903. The molecule has 0 spiro atoms. The average Bonchev–Trinajstić information content (AvgIpc) is 2.46. The number of hydrogen-bond donors (Lipinski definition) is 1. The van der Waals surface area contributed by atoms with E-state index in [1.54, 1.807) is 0 Å². The third-order valence-corrected chi connectivity index (χ3v) is 3.53. The van der Waals surface area contributed by atoms with Crippen molar-refractivity contribution in [3.63, 3.8) is 0 Å². The van der Waals surface area contributed by atoms with Crippen molar-refractivity contribution in [3.8, 4) is 11.5 Å². The summed E-state index contributed by atoms with van der Waals surface area (Å²) in [5.41, 5.74) is 3.54. The zero-order valence-corrected chi connectivity index (χ0v) is 11.3. The molecule has 0 amide bonds. The predicted molar refractivity (Wildman–Crippen MR) is 79.5 cm³/mol. The summed E-state index contributed by atoms with van der Waals surface area (Å²) in [4.78, 5) is 0. The molecule has 0 unspecified atom stereocenters. The van der Waals surface area contributed by atoms with Gasteiger partial charge in [0.05, 0.1) is 11.4 Å². The summed E-state index contributed by atoms with van der Waals surface area (Å²) in [6, 6.07) is 14.4. The summed E-state index contributed by atoms with van der Waals surface area (Å²) < 4.78 is 5.96. The quantitative estimate of drug-likeness (QED) is 0.640. The monoisotopic (exact) mass is 253 g/mol. The van der Waals surface area contributed by atoms with Crippen molar-refractivity contribution in [2.24, 2.45) is 0 Å². The van der Waals surface area contributed by atoms with Gasteiger partial charge in [0.25, 0.3) is 0 Å². The van der Waals surface area contributed by atoms with Gasteiger partial charge in [0.2, 0.25) is 0 Å². The number of hydrogen-bond acceptors (Lipinski definition) is 2. The molecule has 19 heavy (non-hydrogen) atoms. The first-order valence-corrected chi connectivity index (χ1v) is 7.04. The van der Waals surface area contributed by atoms with Crippen LogP contribution in [-0.4, -0.2) is 0 Å². The van der Waals surface area contributed by atoms with Crippen LogP contribution < -0.4 is 10.1 Å². The number of para-hydroxylation sites is 3. The maximum atomic E-state index is 5.96. The summed E-state index contributed by atoms with van der Waals surface area (Å²) in [6.07, 6.45) is 4.87. The molecule has 0 aliphatic carbocycles. The number of nitrogens with one attached hydrogen (secondary N) is 1. The minimum Gasteiger partial charge on any atom is -0.453 e. The largest absolute Gasteiger partial charge is 0.453 e. The van der Waals surface area contributed by atoms with E-state index in [0.717, 1.165) is 29.3 Å². The standard InChI is InChI=1S/C17H19NO/c1-2-3-4-8-13-9-7-12-16-17(13)18-14-10-5-6-11-15(14)19-16/h5-7,9-12,18H,2-4,8H2,1H3. The van der Waals surface area contributed by atoms with E-state index < -0.39 is 0 Å². The molecule has 2 aromatic carbocycles. The number of unbranched alkanes of at least 4 members (excludes halogenated alkanes) is 2. The third-order valence-electron chi connectivity index (χ3n) is 3.53. The summed E-state index contributed by atoms with van der Waals surface area (Å²) >= 11 is 0. The fourth-order valence-electron chi connectivity index (χ4n) is 2.49. The third kappa shape index (κ3) is 2.43. The molecule has 2 aromatic rings. The molecule has 0 saturated carbocycles. The Morgan fingerprint density at radius 1 is 0.947 bits per heavy atom. The van der Waals surface area contributed by atoms with Crippen LogP contribution in [-0.2, 0) is 6.42 Å². The molecule has 0 atom stereocenters. The second-order valence-electron chi connectivity index (χ2n) is 4.97. The van der Waals surface area contributed by atoms with Crippen molar-refractivity contribution < 1.29 is 4.74 Å². The van der Waals surface area contributed by atoms with Crippen molar-refractivity contribution in [2.75, 3.05) is 5.32 Å². The van der Waals surface area contributed by atoms with Gasteiger partial charge in [-0.2, -0.15) is 0 Å². The predicted octanol–water partition coefficient (Wildman–Crippen LogP) is 5.27. The summed E-state index contributed by atoms with van der Waals surface area (Å²) in [5.74, 6) is 1.84. The lowest BCUT2D eigenvalue weighted by Gasteiger charge is -2.23. The molecule has 1 heterocycles. The first kappa shape index (κ1) is 12.1. The number of rotatable bonds is 4. The summed E-state index contributed by atoms with van der Waals surface area (Å²) in [6.45, 7) is 2.23. The highest BCUT2D eigenvalue weighted by Gasteiger charge is 2.18. The van der Waals surface area contributed by atoms with Crippen LogP contribution >= 0.6 is 0 Å². The van der Waals surface area contributed by atoms with Crippen molar-refractivity contribution in [2.45, 2.75) is 32.6 Å². The Morgan fingerprint density at radius 3 is 2.68 bits per heavy atom. The van der Waals surface area contributed by atoms with Crippen LogP contribution in [0.2, 0.25) is 0 Å². The molecule has 0 aromatic heterocycles. The van der Waals surface area contributed by atoms with Crippen molar-refractivity contribution in [1.82, 2.24) is 0 Å². The van der Waals surface area contributed by atoms with Gasteiger partial charge in [0.15, 0.2) is 11.5 Å². The van der Waals surface area contributed by atoms with Crippen LogP contribution in [0.25, 0.3) is 0 Å². The second kappa shape index (κ2) is 5.35. The Morgan fingerprint density at radius 2 is 1.79 bits per heavy atom. The number of fused-ring (bicyclic) bond motifs is 2. The zero-order valence-electron chi connectivity index (χ0n) is 11.3. The molecule has 2 nitrogen and oxygen atoms in total. The highest BCUT2D eigenvalue weighted by Crippen LogP contribution is 2.43. The molecule has 1 aliphatic heterocycles. The molecular formula is C17H19NO. The molecule has 98 valence electrons. The number of anilines is 2. The van der Waals surface area contributed by atoms with E-state index in [9.17, 15) is 0 Å². The smallest absolute Gasteiger partial charge is 0.151 e. The van der Waals surface area contributed by atoms with Gasteiger partial charge in [-0.1, -0.05) is 44.0 Å². The van der Waals surface area contributed by atoms with Crippen LogP contribution in [0.4, 0.5) is 11.4 Å². The number of aryl methyl sites for hydroxylation is 1. The summed E-state index contributed by atoms with van der Waals surface area (Å²) in [7, 11) is 0. The van der Waals surface area contributed by atoms with Gasteiger partial charge >= 0.3 is 0 Å². The van der Waals surface area contributed by atoms with E-state index in [4.69, 9.17) is 4.74 Å². The van der Waals surface area contributed by atoms with Crippen LogP contribution in [0.1, 0.15) is 31.7 Å².